The zero-order valence-corrected chi connectivity index (χ0v) is 14.6. The van der Waals surface area contributed by atoms with Crippen molar-refractivity contribution in [3.05, 3.63) is 0 Å². The molecule has 1 fully saturated rings. The van der Waals surface area contributed by atoms with Crippen molar-refractivity contribution in [2.75, 3.05) is 12.3 Å². The Labute approximate surface area is 145 Å². The standard InChI is InChI=1S/C14H24N4O5S/c1-7(16-11(19)9(15)6-24)13(21)18-5-3-4-10(18)12(20)17-8(2)14(22)23/h7-10,24H,3-6,15H2,1-2H3,(H,16,19)(H,17,20)(H,22,23). The number of rotatable bonds is 7. The molecule has 4 atom stereocenters. The smallest absolute Gasteiger partial charge is 0.325 e. The van der Waals surface area contributed by atoms with Crippen molar-refractivity contribution in [1.29, 1.82) is 0 Å². The lowest BCUT2D eigenvalue weighted by Gasteiger charge is -2.28. The molecule has 0 bridgehead atoms. The molecule has 0 radical (unpaired) electrons. The molecule has 1 heterocycles. The van der Waals surface area contributed by atoms with E-state index in [1.165, 1.54) is 18.7 Å². The minimum atomic E-state index is -1.15. The van der Waals surface area contributed by atoms with Crippen LogP contribution in [0.4, 0.5) is 0 Å². The fourth-order valence-electron chi connectivity index (χ4n) is 2.39. The van der Waals surface area contributed by atoms with Crippen LogP contribution < -0.4 is 16.4 Å². The van der Waals surface area contributed by atoms with Crippen LogP contribution in [-0.4, -0.2) is 70.2 Å². The van der Waals surface area contributed by atoms with Crippen molar-refractivity contribution in [3.8, 4) is 0 Å². The van der Waals surface area contributed by atoms with Gasteiger partial charge in [0.2, 0.25) is 17.7 Å². The fourth-order valence-corrected chi connectivity index (χ4v) is 2.55. The Hall–Kier alpha value is -1.81. The van der Waals surface area contributed by atoms with Gasteiger partial charge in [-0.15, -0.1) is 0 Å². The van der Waals surface area contributed by atoms with E-state index >= 15 is 0 Å². The maximum absolute atomic E-state index is 12.5. The molecule has 1 aliphatic rings. The third kappa shape index (κ3) is 5.10. The van der Waals surface area contributed by atoms with E-state index in [4.69, 9.17) is 10.8 Å². The van der Waals surface area contributed by atoms with Crippen LogP contribution in [0.1, 0.15) is 26.7 Å². The summed E-state index contributed by atoms with van der Waals surface area (Å²) in [5.74, 6) is -2.42. The predicted octanol–water partition coefficient (Wildman–Crippen LogP) is -1.67. The van der Waals surface area contributed by atoms with Crippen LogP contribution in [0.3, 0.4) is 0 Å². The average Bonchev–Trinajstić information content (AvgIpc) is 3.02. The molecule has 10 heteroatoms. The highest BCUT2D eigenvalue weighted by molar-refractivity contribution is 7.80. The Kier molecular flexibility index (Phi) is 7.49. The normalized spacial score (nSPS) is 20.8. The minimum absolute atomic E-state index is 0.147. The minimum Gasteiger partial charge on any atom is -0.480 e. The molecule has 1 saturated heterocycles. The van der Waals surface area contributed by atoms with Crippen molar-refractivity contribution in [3.63, 3.8) is 0 Å². The van der Waals surface area contributed by atoms with Gasteiger partial charge in [-0.3, -0.25) is 19.2 Å². The number of nitrogens with two attached hydrogens (primary N) is 1. The van der Waals surface area contributed by atoms with E-state index in [-0.39, 0.29) is 5.75 Å². The number of nitrogens with zero attached hydrogens (tertiary/aromatic N) is 1. The molecular weight excluding hydrogens is 336 g/mol. The van der Waals surface area contributed by atoms with Gasteiger partial charge in [0.15, 0.2) is 0 Å². The lowest BCUT2D eigenvalue weighted by Crippen LogP contribution is -2.55. The summed E-state index contributed by atoms with van der Waals surface area (Å²) in [6.07, 6.45) is 1.07. The van der Waals surface area contributed by atoms with Crippen LogP contribution >= 0.6 is 12.6 Å². The molecule has 5 N–H and O–H groups in total. The molecule has 136 valence electrons. The van der Waals surface area contributed by atoms with Gasteiger partial charge in [0.05, 0.1) is 6.04 Å². The molecule has 4 unspecified atom stereocenters. The van der Waals surface area contributed by atoms with Crippen molar-refractivity contribution >= 4 is 36.3 Å². The van der Waals surface area contributed by atoms with E-state index < -0.39 is 47.9 Å². The van der Waals surface area contributed by atoms with Crippen LogP contribution in [0.2, 0.25) is 0 Å². The first-order chi connectivity index (χ1) is 11.2. The lowest BCUT2D eigenvalue weighted by molar-refractivity contribution is -0.144. The van der Waals surface area contributed by atoms with E-state index in [0.717, 1.165) is 0 Å². The molecule has 1 aliphatic heterocycles. The van der Waals surface area contributed by atoms with Gasteiger partial charge in [-0.05, 0) is 26.7 Å². The molecule has 0 aromatic heterocycles. The Bertz CT molecular complexity index is 515. The van der Waals surface area contributed by atoms with Crippen molar-refractivity contribution in [2.24, 2.45) is 5.73 Å². The van der Waals surface area contributed by atoms with Gasteiger partial charge in [-0.25, -0.2) is 0 Å². The van der Waals surface area contributed by atoms with E-state index in [0.29, 0.717) is 19.4 Å². The molecule has 24 heavy (non-hydrogen) atoms. The molecule has 0 aromatic carbocycles. The number of hydrogen-bond donors (Lipinski definition) is 5. The Balaban J connectivity index is 2.69. The van der Waals surface area contributed by atoms with Gasteiger partial charge in [-0.1, -0.05) is 0 Å². The monoisotopic (exact) mass is 360 g/mol. The highest BCUT2D eigenvalue weighted by Crippen LogP contribution is 2.18. The summed E-state index contributed by atoms with van der Waals surface area (Å²) in [5, 5.41) is 13.7. The maximum Gasteiger partial charge on any atom is 0.325 e. The van der Waals surface area contributed by atoms with Crippen LogP contribution in [0.25, 0.3) is 0 Å². The third-order valence-electron chi connectivity index (χ3n) is 3.83. The van der Waals surface area contributed by atoms with Gasteiger partial charge in [0.1, 0.15) is 18.1 Å². The Morgan fingerprint density at radius 1 is 1.25 bits per heavy atom. The van der Waals surface area contributed by atoms with E-state index in [2.05, 4.69) is 23.3 Å². The fraction of sp³-hybridized carbons (Fsp3) is 0.714. The topological polar surface area (TPSA) is 142 Å². The van der Waals surface area contributed by atoms with Gasteiger partial charge in [0, 0.05) is 12.3 Å². The molecule has 1 rings (SSSR count). The number of carboxylic acids is 1. The summed E-state index contributed by atoms with van der Waals surface area (Å²) in [5.41, 5.74) is 5.54. The SMILES string of the molecule is CC(NC(=O)C1CCCN1C(=O)C(C)NC(=O)C(N)CS)C(=O)O. The predicted molar refractivity (Wildman–Crippen MR) is 89.4 cm³/mol. The van der Waals surface area contributed by atoms with Gasteiger partial charge in [-0.2, -0.15) is 12.6 Å². The Morgan fingerprint density at radius 3 is 2.42 bits per heavy atom. The van der Waals surface area contributed by atoms with Crippen LogP contribution in [0.5, 0.6) is 0 Å². The van der Waals surface area contributed by atoms with Crippen molar-refractivity contribution in [1.82, 2.24) is 15.5 Å². The molecule has 0 aromatic rings. The summed E-state index contributed by atoms with van der Waals surface area (Å²) >= 11 is 3.92. The summed E-state index contributed by atoms with van der Waals surface area (Å²) in [6.45, 7) is 3.23. The second-order valence-corrected chi connectivity index (χ2v) is 6.14. The molecule has 9 nitrogen and oxygen atoms in total. The quantitative estimate of drug-likeness (QED) is 0.344. The molecule has 0 saturated carbocycles. The summed E-state index contributed by atoms with van der Waals surface area (Å²) in [4.78, 5) is 48.6. The number of carbonyl (C=O) groups excluding carboxylic acids is 3. The van der Waals surface area contributed by atoms with Gasteiger partial charge >= 0.3 is 5.97 Å². The van der Waals surface area contributed by atoms with Crippen molar-refractivity contribution in [2.45, 2.75) is 50.9 Å². The number of aliphatic carboxylic acids is 1. The number of thiol groups is 1. The number of carbonyl (C=O) groups is 4. The lowest BCUT2D eigenvalue weighted by atomic mass is 10.1. The van der Waals surface area contributed by atoms with Crippen molar-refractivity contribution < 1.29 is 24.3 Å². The molecular formula is C14H24N4O5S. The number of carboxylic acid groups (broad SMARTS) is 1. The molecule has 3 amide bonds. The molecule has 0 aliphatic carbocycles. The van der Waals surface area contributed by atoms with Gasteiger partial charge < -0.3 is 26.4 Å². The summed E-state index contributed by atoms with van der Waals surface area (Å²) in [6, 6.07) is -3.44. The third-order valence-corrected chi connectivity index (χ3v) is 4.22. The summed E-state index contributed by atoms with van der Waals surface area (Å²) in [7, 11) is 0. The van der Waals surface area contributed by atoms with E-state index in [1.807, 2.05) is 0 Å². The number of amides is 3. The van der Waals surface area contributed by atoms with E-state index in [1.54, 1.807) is 0 Å². The van der Waals surface area contributed by atoms with E-state index in [9.17, 15) is 19.2 Å². The van der Waals surface area contributed by atoms with Crippen LogP contribution in [0, 0.1) is 0 Å². The molecule has 0 spiro atoms. The number of likely N-dealkylation sites (tertiary alicyclic amines) is 1. The Morgan fingerprint density at radius 2 is 1.88 bits per heavy atom. The first kappa shape index (κ1) is 20.2. The first-order valence-electron chi connectivity index (χ1n) is 7.69. The number of hydrogen-bond acceptors (Lipinski definition) is 6. The zero-order chi connectivity index (χ0) is 18.4. The maximum atomic E-state index is 12.5. The first-order valence-corrected chi connectivity index (χ1v) is 8.32. The average molecular weight is 360 g/mol. The van der Waals surface area contributed by atoms with Gasteiger partial charge in [0.25, 0.3) is 0 Å². The van der Waals surface area contributed by atoms with Crippen LogP contribution in [-0.2, 0) is 19.2 Å². The highest BCUT2D eigenvalue weighted by atomic mass is 32.1. The number of nitrogens with one attached hydrogen (secondary N) is 2. The second-order valence-electron chi connectivity index (χ2n) is 5.78. The zero-order valence-electron chi connectivity index (χ0n) is 13.7. The second kappa shape index (κ2) is 8.88. The highest BCUT2D eigenvalue weighted by Gasteiger charge is 2.37. The van der Waals surface area contributed by atoms with Crippen LogP contribution in [0.15, 0.2) is 0 Å². The largest absolute Gasteiger partial charge is 0.480 e. The summed E-state index contributed by atoms with van der Waals surface area (Å²) < 4.78 is 0.